The van der Waals surface area contributed by atoms with Crippen LogP contribution in [-0.4, -0.2) is 18.9 Å². The van der Waals surface area contributed by atoms with Crippen LogP contribution in [0, 0.1) is 23.2 Å². The van der Waals surface area contributed by atoms with Crippen molar-refractivity contribution in [1.82, 2.24) is 5.32 Å². The Morgan fingerprint density at radius 1 is 1.31 bits per heavy atom. The Labute approximate surface area is 153 Å². The summed E-state index contributed by atoms with van der Waals surface area (Å²) in [4.78, 5) is 4.12. The topological polar surface area (TPSA) is 119 Å². The molecule has 0 aromatic heterocycles. The maximum atomic E-state index is 8.63. The molecule has 0 fully saturated rings. The second-order valence-corrected chi connectivity index (χ2v) is 6.02. The van der Waals surface area contributed by atoms with E-state index >= 15 is 0 Å². The van der Waals surface area contributed by atoms with E-state index in [0.717, 1.165) is 5.56 Å². The molecule has 136 valence electrons. The lowest BCUT2D eigenvalue weighted by atomic mass is 9.99. The van der Waals surface area contributed by atoms with E-state index in [-0.39, 0.29) is 11.8 Å². The van der Waals surface area contributed by atoms with Gasteiger partial charge in [0, 0.05) is 30.7 Å². The van der Waals surface area contributed by atoms with Gasteiger partial charge in [0.15, 0.2) is 0 Å². The van der Waals surface area contributed by atoms with E-state index in [4.69, 9.17) is 26.2 Å². The molecule has 0 spiro atoms. The van der Waals surface area contributed by atoms with Gasteiger partial charge in [-0.25, -0.2) is 0 Å². The third-order valence-corrected chi connectivity index (χ3v) is 3.64. The van der Waals surface area contributed by atoms with Crippen molar-refractivity contribution in [2.45, 2.75) is 38.6 Å². The summed E-state index contributed by atoms with van der Waals surface area (Å²) in [5, 5.41) is 11.5. The van der Waals surface area contributed by atoms with Gasteiger partial charge in [0.05, 0.1) is 18.7 Å². The molecule has 0 bridgehead atoms. The molecule has 2 rings (SSSR count). The molecule has 7 nitrogen and oxygen atoms in total. The van der Waals surface area contributed by atoms with E-state index in [1.54, 1.807) is 25.5 Å². The highest BCUT2D eigenvalue weighted by Crippen LogP contribution is 2.34. The fourth-order valence-electron chi connectivity index (χ4n) is 2.39. The van der Waals surface area contributed by atoms with Gasteiger partial charge in [0.25, 0.3) is 0 Å². The van der Waals surface area contributed by atoms with Crippen molar-refractivity contribution < 1.29 is 9.47 Å². The molecule has 0 saturated carbocycles. The van der Waals surface area contributed by atoms with Gasteiger partial charge < -0.3 is 20.5 Å². The van der Waals surface area contributed by atoms with E-state index in [9.17, 15) is 0 Å². The van der Waals surface area contributed by atoms with E-state index in [1.165, 1.54) is 0 Å². The lowest BCUT2D eigenvalue weighted by molar-refractivity contribution is 0.0603. The van der Waals surface area contributed by atoms with E-state index in [0.29, 0.717) is 29.9 Å². The summed E-state index contributed by atoms with van der Waals surface area (Å²) in [6, 6.07) is 5.72. The highest BCUT2D eigenvalue weighted by Gasteiger charge is 2.29. The van der Waals surface area contributed by atoms with Gasteiger partial charge in [-0.05, 0) is 18.1 Å². The van der Waals surface area contributed by atoms with Crippen LogP contribution in [0.1, 0.15) is 43.7 Å². The van der Waals surface area contributed by atoms with Crippen molar-refractivity contribution in [3.8, 4) is 29.4 Å². The molecule has 1 unspecified atom stereocenters. The standard InChI is InChI=1S/C19H23N5O2/c1-13(2)15-12-16(25-3)14(7-5-4-6-9-20)11-17(15)26-19(22)23-10-8-18(21)24-19/h8,10-13,23H,4,6,22H2,1-3H3,(H2,21,24). The first-order chi connectivity index (χ1) is 12.4. The van der Waals surface area contributed by atoms with Crippen molar-refractivity contribution in [1.29, 1.82) is 5.26 Å². The number of benzene rings is 1. The van der Waals surface area contributed by atoms with Crippen LogP contribution in [0.5, 0.6) is 11.5 Å². The van der Waals surface area contributed by atoms with Gasteiger partial charge in [0.1, 0.15) is 17.3 Å². The summed E-state index contributed by atoms with van der Waals surface area (Å²) >= 11 is 0. The lowest BCUT2D eigenvalue weighted by Gasteiger charge is -2.30. The highest BCUT2D eigenvalue weighted by atomic mass is 16.5. The fraction of sp³-hybridized carbons (Fsp3) is 0.368. The molecule has 26 heavy (non-hydrogen) atoms. The SMILES string of the molecule is COc1cc(C(C)C)c(OC2(N)N=C(N)C=CN2)cc1C#CCCC#N. The van der Waals surface area contributed by atoms with Gasteiger partial charge >= 0.3 is 5.97 Å². The number of aliphatic imine (C=N–C) groups is 1. The molecule has 7 heteroatoms. The van der Waals surface area contributed by atoms with Crippen LogP contribution in [0.15, 0.2) is 29.4 Å². The predicted molar refractivity (Wildman–Crippen MR) is 100 cm³/mol. The largest absolute Gasteiger partial charge is 0.495 e. The molecule has 1 heterocycles. The summed E-state index contributed by atoms with van der Waals surface area (Å²) in [7, 11) is 1.59. The second-order valence-electron chi connectivity index (χ2n) is 6.02. The summed E-state index contributed by atoms with van der Waals surface area (Å²) in [5.74, 6) is 6.08. The molecule has 1 aromatic rings. The smallest absolute Gasteiger partial charge is 0.342 e. The number of ether oxygens (including phenoxy) is 2. The Balaban J connectivity index is 2.43. The number of hydrogen-bond acceptors (Lipinski definition) is 7. The summed E-state index contributed by atoms with van der Waals surface area (Å²) < 4.78 is 11.4. The average Bonchev–Trinajstić information content (AvgIpc) is 2.58. The first kappa shape index (κ1) is 19.2. The highest BCUT2D eigenvalue weighted by molar-refractivity contribution is 5.92. The third-order valence-electron chi connectivity index (χ3n) is 3.64. The normalized spacial score (nSPS) is 18.2. The Bertz CT molecular complexity index is 827. The Morgan fingerprint density at radius 2 is 2.08 bits per heavy atom. The van der Waals surface area contributed by atoms with Gasteiger partial charge in [-0.15, -0.1) is 0 Å². The lowest BCUT2D eigenvalue weighted by Crippen LogP contribution is -2.57. The van der Waals surface area contributed by atoms with E-state index in [1.807, 2.05) is 19.9 Å². The van der Waals surface area contributed by atoms with E-state index < -0.39 is 5.97 Å². The van der Waals surface area contributed by atoms with Crippen LogP contribution in [0.3, 0.4) is 0 Å². The molecule has 0 amide bonds. The number of rotatable bonds is 5. The Kier molecular flexibility index (Phi) is 6.11. The van der Waals surface area contributed by atoms with Crippen molar-refractivity contribution in [3.05, 3.63) is 35.5 Å². The minimum Gasteiger partial charge on any atom is -0.495 e. The first-order valence-electron chi connectivity index (χ1n) is 8.23. The second kappa shape index (κ2) is 8.28. The van der Waals surface area contributed by atoms with Crippen molar-refractivity contribution in [2.24, 2.45) is 16.5 Å². The van der Waals surface area contributed by atoms with Crippen LogP contribution in [-0.2, 0) is 0 Å². The number of unbranched alkanes of at least 4 members (excludes halogenated alkanes) is 1. The first-order valence-corrected chi connectivity index (χ1v) is 8.23. The minimum atomic E-state index is -1.50. The predicted octanol–water partition coefficient (Wildman–Crippen LogP) is 1.90. The molecule has 0 radical (unpaired) electrons. The molecule has 1 aliphatic heterocycles. The van der Waals surface area contributed by atoms with Gasteiger partial charge in [-0.3, -0.25) is 5.73 Å². The number of nitrogens with zero attached hydrogens (tertiary/aromatic N) is 2. The molecule has 1 atom stereocenters. The zero-order chi connectivity index (χ0) is 19.2. The summed E-state index contributed by atoms with van der Waals surface area (Å²) in [5.41, 5.74) is 13.4. The number of nitriles is 1. The number of methoxy groups -OCH3 is 1. The van der Waals surface area contributed by atoms with Crippen molar-refractivity contribution in [2.75, 3.05) is 7.11 Å². The van der Waals surface area contributed by atoms with Crippen LogP contribution < -0.4 is 26.3 Å². The summed E-state index contributed by atoms with van der Waals surface area (Å²) in [6.07, 6.45) is 4.04. The molecular weight excluding hydrogens is 330 g/mol. The fourth-order valence-corrected chi connectivity index (χ4v) is 2.39. The van der Waals surface area contributed by atoms with Crippen molar-refractivity contribution >= 4 is 5.84 Å². The molecule has 1 aromatic carbocycles. The molecule has 0 aliphatic carbocycles. The van der Waals surface area contributed by atoms with Crippen molar-refractivity contribution in [3.63, 3.8) is 0 Å². The maximum Gasteiger partial charge on any atom is 0.342 e. The average molecular weight is 353 g/mol. The Morgan fingerprint density at radius 3 is 2.69 bits per heavy atom. The number of hydrogen-bond donors (Lipinski definition) is 3. The quantitative estimate of drug-likeness (QED) is 0.423. The maximum absolute atomic E-state index is 8.63. The van der Waals surface area contributed by atoms with Crippen LogP contribution in [0.4, 0.5) is 0 Å². The summed E-state index contributed by atoms with van der Waals surface area (Å²) in [6.45, 7) is 4.07. The zero-order valence-corrected chi connectivity index (χ0v) is 15.2. The Hall–Kier alpha value is -3.16. The van der Waals surface area contributed by atoms with Crippen LogP contribution in [0.25, 0.3) is 0 Å². The van der Waals surface area contributed by atoms with Gasteiger partial charge in [-0.2, -0.15) is 10.3 Å². The van der Waals surface area contributed by atoms with E-state index in [2.05, 4.69) is 28.2 Å². The number of nitrogens with two attached hydrogens (primary N) is 2. The minimum absolute atomic E-state index is 0.156. The third kappa shape index (κ3) is 4.69. The zero-order valence-electron chi connectivity index (χ0n) is 15.2. The van der Waals surface area contributed by atoms with Gasteiger partial charge in [0.2, 0.25) is 0 Å². The number of amidine groups is 1. The van der Waals surface area contributed by atoms with Crippen LogP contribution >= 0.6 is 0 Å². The molecule has 1 aliphatic rings. The molecular formula is C19H23N5O2. The van der Waals surface area contributed by atoms with Crippen LogP contribution in [0.2, 0.25) is 0 Å². The molecule has 0 saturated heterocycles. The number of nitrogens with one attached hydrogen (secondary N) is 1. The molecule has 5 N–H and O–H groups in total. The van der Waals surface area contributed by atoms with Gasteiger partial charge in [-0.1, -0.05) is 25.7 Å². The monoisotopic (exact) mass is 353 g/mol.